The Hall–Kier alpha value is -3.07. The number of nitrogens with zero attached hydrogens (tertiary/aromatic N) is 3. The second-order valence-corrected chi connectivity index (χ2v) is 6.35. The minimum Gasteiger partial charge on any atom is -0.477 e. The van der Waals surface area contributed by atoms with Gasteiger partial charge in [0.2, 0.25) is 0 Å². The maximum atomic E-state index is 11.3. The number of carbonyl (C=O) groups is 1. The number of anilines is 1. The zero-order chi connectivity index (χ0) is 19.3. The molecule has 0 atom stereocenters. The van der Waals surface area contributed by atoms with Crippen LogP contribution in [0.5, 0.6) is 0 Å². The molecule has 2 heterocycles. The summed E-state index contributed by atoms with van der Waals surface area (Å²) in [4.78, 5) is 17.7. The highest BCUT2D eigenvalue weighted by Gasteiger charge is 2.22. The van der Waals surface area contributed by atoms with E-state index in [4.69, 9.17) is 0 Å². The summed E-state index contributed by atoms with van der Waals surface area (Å²) in [5.74, 6) is -0.399. The van der Waals surface area contributed by atoms with Gasteiger partial charge in [-0.25, -0.2) is 9.78 Å². The quantitative estimate of drug-likeness (QED) is 0.602. The van der Waals surface area contributed by atoms with Gasteiger partial charge in [0.1, 0.15) is 11.9 Å². The van der Waals surface area contributed by atoms with Gasteiger partial charge in [-0.3, -0.25) is 0 Å². The summed E-state index contributed by atoms with van der Waals surface area (Å²) in [6, 6.07) is 4.19. The third-order valence-electron chi connectivity index (χ3n) is 4.58. The van der Waals surface area contributed by atoms with Crippen molar-refractivity contribution in [1.29, 1.82) is 5.26 Å². The minimum absolute atomic E-state index is 0.0806. The third kappa shape index (κ3) is 4.12. The number of carboxylic acid groups (broad SMARTS) is 1. The van der Waals surface area contributed by atoms with Crippen LogP contribution in [0.4, 0.5) is 5.82 Å². The highest BCUT2D eigenvalue weighted by Crippen LogP contribution is 2.23. The molecule has 0 bridgehead atoms. The zero-order valence-electron chi connectivity index (χ0n) is 15.2. The molecule has 2 N–H and O–H groups in total. The summed E-state index contributed by atoms with van der Waals surface area (Å²) in [6.07, 6.45) is 4.95. The van der Waals surface area contributed by atoms with Crippen molar-refractivity contribution in [1.82, 2.24) is 9.88 Å². The van der Waals surface area contributed by atoms with Crippen molar-refractivity contribution < 1.29 is 9.90 Å². The van der Waals surface area contributed by atoms with Crippen LogP contribution in [0.2, 0.25) is 0 Å². The first-order chi connectivity index (χ1) is 12.4. The van der Waals surface area contributed by atoms with Crippen molar-refractivity contribution in [3.63, 3.8) is 0 Å². The van der Waals surface area contributed by atoms with E-state index >= 15 is 0 Å². The van der Waals surface area contributed by atoms with E-state index in [0.717, 1.165) is 37.2 Å². The standard InChI is InChI=1S/C20H24N4O2/c1-5-15(12-21)17(6-2)24-9-7-16(8-10-24)22-19-14(4)11-13(3)18(23-19)20(25)26/h5-6,11,16H,1-2,7-10H2,3-4H3,(H,22,23)(H,25,26)/b17-15-. The maximum absolute atomic E-state index is 11.3. The molecule has 2 rings (SSSR count). The van der Waals surface area contributed by atoms with Gasteiger partial charge in [-0.1, -0.05) is 19.2 Å². The number of aryl methyl sites for hydroxylation is 2. The normalized spacial score (nSPS) is 15.7. The Kier molecular flexibility index (Phi) is 6.18. The number of nitrogens with one attached hydrogen (secondary N) is 1. The number of carboxylic acids is 1. The first-order valence-corrected chi connectivity index (χ1v) is 8.53. The van der Waals surface area contributed by atoms with Crippen LogP contribution in [-0.4, -0.2) is 40.1 Å². The summed E-state index contributed by atoms with van der Waals surface area (Å²) in [6.45, 7) is 12.7. The average Bonchev–Trinajstić information content (AvgIpc) is 2.62. The number of nitriles is 1. The molecule has 0 aromatic carbocycles. The molecule has 0 saturated carbocycles. The van der Waals surface area contributed by atoms with Crippen molar-refractivity contribution in [2.75, 3.05) is 18.4 Å². The van der Waals surface area contributed by atoms with Gasteiger partial charge in [-0.15, -0.1) is 0 Å². The predicted molar refractivity (Wildman–Crippen MR) is 102 cm³/mol. The molecule has 6 heteroatoms. The van der Waals surface area contributed by atoms with Crippen LogP contribution in [-0.2, 0) is 0 Å². The topological polar surface area (TPSA) is 89.3 Å². The third-order valence-corrected chi connectivity index (χ3v) is 4.58. The summed E-state index contributed by atoms with van der Waals surface area (Å²) in [7, 11) is 0. The first kappa shape index (κ1) is 19.3. The van der Waals surface area contributed by atoms with Crippen LogP contribution in [0.25, 0.3) is 0 Å². The van der Waals surface area contributed by atoms with Crippen LogP contribution in [0, 0.1) is 25.2 Å². The van der Waals surface area contributed by atoms with Gasteiger partial charge in [0.15, 0.2) is 5.69 Å². The smallest absolute Gasteiger partial charge is 0.354 e. The van der Waals surface area contributed by atoms with E-state index in [0.29, 0.717) is 17.0 Å². The molecule has 1 aliphatic rings. The lowest BCUT2D eigenvalue weighted by Crippen LogP contribution is -2.39. The molecule has 1 fully saturated rings. The number of aromatic carboxylic acids is 1. The van der Waals surface area contributed by atoms with Gasteiger partial charge >= 0.3 is 5.97 Å². The van der Waals surface area contributed by atoms with Gasteiger partial charge in [0.05, 0.1) is 11.3 Å². The number of rotatable bonds is 6. The Morgan fingerprint density at radius 2 is 2.00 bits per heavy atom. The lowest BCUT2D eigenvalue weighted by molar-refractivity contribution is 0.0689. The van der Waals surface area contributed by atoms with Crippen LogP contribution in [0.15, 0.2) is 42.6 Å². The molecule has 0 spiro atoms. The second-order valence-electron chi connectivity index (χ2n) is 6.35. The summed E-state index contributed by atoms with van der Waals surface area (Å²) in [5.41, 5.74) is 2.99. The fraction of sp³-hybridized carbons (Fsp3) is 0.350. The molecule has 1 aromatic rings. The SMILES string of the molecule is C=C/C(C#N)=C(\C=C)N1CCC(Nc2nc(C(=O)O)c(C)cc2C)CC1. The molecule has 0 amide bonds. The molecule has 26 heavy (non-hydrogen) atoms. The molecule has 0 unspecified atom stereocenters. The van der Waals surface area contributed by atoms with E-state index in [9.17, 15) is 15.2 Å². The highest BCUT2D eigenvalue weighted by atomic mass is 16.4. The lowest BCUT2D eigenvalue weighted by atomic mass is 10.0. The molecule has 1 aliphatic heterocycles. The van der Waals surface area contributed by atoms with Gasteiger partial charge in [0.25, 0.3) is 0 Å². The van der Waals surface area contributed by atoms with E-state index in [2.05, 4.69) is 34.4 Å². The number of hydrogen-bond acceptors (Lipinski definition) is 5. The van der Waals surface area contributed by atoms with Crippen LogP contribution < -0.4 is 5.32 Å². The van der Waals surface area contributed by atoms with E-state index in [1.165, 1.54) is 0 Å². The second kappa shape index (κ2) is 8.34. The molecule has 1 saturated heterocycles. The van der Waals surface area contributed by atoms with E-state index in [-0.39, 0.29) is 11.7 Å². The molecule has 1 aromatic heterocycles. The van der Waals surface area contributed by atoms with Crippen molar-refractivity contribution in [3.8, 4) is 6.07 Å². The van der Waals surface area contributed by atoms with Gasteiger partial charge in [-0.05, 0) is 50.0 Å². The largest absolute Gasteiger partial charge is 0.477 e. The summed E-state index contributed by atoms with van der Waals surface area (Å²) >= 11 is 0. The molecular weight excluding hydrogens is 328 g/mol. The van der Waals surface area contributed by atoms with E-state index in [1.807, 2.05) is 13.0 Å². The number of aromatic nitrogens is 1. The Labute approximate surface area is 154 Å². The van der Waals surface area contributed by atoms with Crippen molar-refractivity contribution in [3.05, 3.63) is 59.5 Å². The maximum Gasteiger partial charge on any atom is 0.354 e. The number of pyridine rings is 1. The predicted octanol–water partition coefficient (Wildman–Crippen LogP) is 3.42. The minimum atomic E-state index is -1.02. The van der Waals surface area contributed by atoms with Crippen LogP contribution in [0.1, 0.15) is 34.5 Å². The van der Waals surface area contributed by atoms with Gasteiger partial charge in [-0.2, -0.15) is 5.26 Å². The molecule has 0 aliphatic carbocycles. The fourth-order valence-electron chi connectivity index (χ4n) is 3.19. The van der Waals surface area contributed by atoms with E-state index in [1.54, 1.807) is 19.1 Å². The Balaban J connectivity index is 2.10. The fourth-order valence-corrected chi connectivity index (χ4v) is 3.19. The zero-order valence-corrected chi connectivity index (χ0v) is 15.2. The molecular formula is C20H24N4O2. The van der Waals surface area contributed by atoms with Crippen molar-refractivity contribution in [2.45, 2.75) is 32.7 Å². The highest BCUT2D eigenvalue weighted by molar-refractivity contribution is 5.87. The number of likely N-dealkylation sites (tertiary alicyclic amines) is 1. The Morgan fingerprint density at radius 1 is 1.35 bits per heavy atom. The number of hydrogen-bond donors (Lipinski definition) is 2. The Bertz CT molecular complexity index is 797. The van der Waals surface area contributed by atoms with Crippen molar-refractivity contribution >= 4 is 11.8 Å². The van der Waals surface area contributed by atoms with Gasteiger partial charge < -0.3 is 15.3 Å². The monoisotopic (exact) mass is 352 g/mol. The van der Waals surface area contributed by atoms with E-state index < -0.39 is 5.97 Å². The molecule has 136 valence electrons. The van der Waals surface area contributed by atoms with Crippen LogP contribution in [0.3, 0.4) is 0 Å². The summed E-state index contributed by atoms with van der Waals surface area (Å²) < 4.78 is 0. The summed E-state index contributed by atoms with van der Waals surface area (Å²) in [5, 5.41) is 21.8. The lowest BCUT2D eigenvalue weighted by Gasteiger charge is -2.35. The first-order valence-electron chi connectivity index (χ1n) is 8.53. The van der Waals surface area contributed by atoms with Crippen molar-refractivity contribution in [2.24, 2.45) is 0 Å². The Morgan fingerprint density at radius 3 is 2.50 bits per heavy atom. The van der Waals surface area contributed by atoms with Gasteiger partial charge in [0, 0.05) is 19.1 Å². The number of allylic oxidation sites excluding steroid dienone is 3. The number of piperidine rings is 1. The van der Waals surface area contributed by atoms with Crippen LogP contribution >= 0.6 is 0 Å². The average molecular weight is 352 g/mol. The molecule has 0 radical (unpaired) electrons. The molecule has 6 nitrogen and oxygen atoms in total.